The van der Waals surface area contributed by atoms with E-state index in [0.717, 1.165) is 46.7 Å². The highest BCUT2D eigenvalue weighted by molar-refractivity contribution is 6.14. The minimum Gasteiger partial charge on any atom is -0.497 e. The molecule has 2 aromatic carbocycles. The van der Waals surface area contributed by atoms with Gasteiger partial charge in [0.2, 0.25) is 0 Å². The molecule has 0 atom stereocenters. The van der Waals surface area contributed by atoms with Crippen LogP contribution in [-0.4, -0.2) is 44.5 Å². The maximum absolute atomic E-state index is 13.3. The molecule has 0 N–H and O–H groups in total. The fraction of sp³-hybridized carbons (Fsp3) is 0.346. The molecule has 0 unspecified atom stereocenters. The summed E-state index contributed by atoms with van der Waals surface area (Å²) in [4.78, 5) is 15.7. The van der Waals surface area contributed by atoms with E-state index < -0.39 is 0 Å². The van der Waals surface area contributed by atoms with Crippen molar-refractivity contribution in [1.29, 1.82) is 0 Å². The number of hydrogen-bond donors (Lipinski definition) is 0. The van der Waals surface area contributed by atoms with E-state index >= 15 is 0 Å². The van der Waals surface area contributed by atoms with Crippen molar-refractivity contribution in [1.82, 2.24) is 4.90 Å². The molecule has 1 aliphatic rings. The van der Waals surface area contributed by atoms with Gasteiger partial charge in [-0.1, -0.05) is 38.1 Å². The van der Waals surface area contributed by atoms with E-state index in [9.17, 15) is 4.79 Å². The predicted molar refractivity (Wildman–Crippen MR) is 123 cm³/mol. The Morgan fingerprint density at radius 1 is 0.900 bits per heavy atom. The van der Waals surface area contributed by atoms with Crippen LogP contribution in [0.15, 0.2) is 59.7 Å². The SMILES string of the molecule is COc1cccc(C=C2CN(CCC(C)C)CC(=Cc3cccc(OC)c3)C2=O)c1. The first-order valence-electron chi connectivity index (χ1n) is 10.4. The van der Waals surface area contributed by atoms with Crippen molar-refractivity contribution >= 4 is 17.9 Å². The highest BCUT2D eigenvalue weighted by Gasteiger charge is 2.26. The second-order valence-electron chi connectivity index (χ2n) is 8.11. The van der Waals surface area contributed by atoms with Crippen LogP contribution in [0.4, 0.5) is 0 Å². The van der Waals surface area contributed by atoms with Gasteiger partial charge in [-0.3, -0.25) is 9.69 Å². The molecular weight excluding hydrogens is 374 g/mol. The molecular formula is C26H31NO3. The van der Waals surface area contributed by atoms with E-state index in [1.54, 1.807) is 14.2 Å². The first kappa shape index (κ1) is 21.8. The molecule has 2 aromatic rings. The van der Waals surface area contributed by atoms with Crippen LogP contribution in [0.25, 0.3) is 12.2 Å². The molecule has 0 saturated carbocycles. The van der Waals surface area contributed by atoms with Crippen LogP contribution in [-0.2, 0) is 4.79 Å². The van der Waals surface area contributed by atoms with Gasteiger partial charge in [0.05, 0.1) is 14.2 Å². The topological polar surface area (TPSA) is 38.8 Å². The minimum absolute atomic E-state index is 0.112. The van der Waals surface area contributed by atoms with Gasteiger partial charge in [-0.15, -0.1) is 0 Å². The molecule has 0 aliphatic carbocycles. The second kappa shape index (κ2) is 10.3. The van der Waals surface area contributed by atoms with E-state index in [2.05, 4.69) is 18.7 Å². The summed E-state index contributed by atoms with van der Waals surface area (Å²) in [6, 6.07) is 15.6. The zero-order valence-corrected chi connectivity index (χ0v) is 18.4. The molecule has 1 saturated heterocycles. The zero-order chi connectivity index (χ0) is 21.5. The lowest BCUT2D eigenvalue weighted by Gasteiger charge is -2.30. The van der Waals surface area contributed by atoms with Gasteiger partial charge in [0.15, 0.2) is 5.78 Å². The van der Waals surface area contributed by atoms with Crippen LogP contribution in [0.1, 0.15) is 31.4 Å². The number of methoxy groups -OCH3 is 2. The van der Waals surface area contributed by atoms with Crippen molar-refractivity contribution in [2.45, 2.75) is 20.3 Å². The van der Waals surface area contributed by atoms with E-state index in [1.165, 1.54) is 0 Å². The first-order valence-corrected chi connectivity index (χ1v) is 10.4. The summed E-state index contributed by atoms with van der Waals surface area (Å²) in [5.74, 6) is 2.31. The third-order valence-corrected chi connectivity index (χ3v) is 5.26. The molecule has 0 aromatic heterocycles. The summed E-state index contributed by atoms with van der Waals surface area (Å²) >= 11 is 0. The Hall–Kier alpha value is -2.85. The standard InChI is InChI=1S/C26H31NO3/c1-19(2)11-12-27-17-22(13-20-7-5-9-24(15-20)29-3)26(28)23(18-27)14-21-8-6-10-25(16-21)30-4/h5-10,13-16,19H,11-12,17-18H2,1-4H3. The average molecular weight is 406 g/mol. The zero-order valence-electron chi connectivity index (χ0n) is 18.4. The van der Waals surface area contributed by atoms with Gasteiger partial charge in [-0.05, 0) is 66.4 Å². The molecule has 1 fully saturated rings. The van der Waals surface area contributed by atoms with E-state index in [1.807, 2.05) is 60.7 Å². The summed E-state index contributed by atoms with van der Waals surface area (Å²) in [5, 5.41) is 0. The Morgan fingerprint density at radius 3 is 1.83 bits per heavy atom. The van der Waals surface area contributed by atoms with Crippen LogP contribution in [0.5, 0.6) is 11.5 Å². The number of carbonyl (C=O) groups is 1. The molecule has 3 rings (SSSR count). The van der Waals surface area contributed by atoms with Crippen molar-refractivity contribution in [3.8, 4) is 11.5 Å². The molecule has 1 heterocycles. The van der Waals surface area contributed by atoms with Crippen molar-refractivity contribution in [3.63, 3.8) is 0 Å². The van der Waals surface area contributed by atoms with Crippen LogP contribution in [0, 0.1) is 5.92 Å². The molecule has 0 bridgehead atoms. The number of hydrogen-bond acceptors (Lipinski definition) is 4. The van der Waals surface area contributed by atoms with Crippen LogP contribution in [0.2, 0.25) is 0 Å². The van der Waals surface area contributed by atoms with Gasteiger partial charge in [-0.2, -0.15) is 0 Å². The number of ketones is 1. The summed E-state index contributed by atoms with van der Waals surface area (Å²) in [5.41, 5.74) is 3.58. The van der Waals surface area contributed by atoms with Crippen molar-refractivity contribution < 1.29 is 14.3 Å². The summed E-state index contributed by atoms with van der Waals surface area (Å²) in [6.45, 7) is 6.76. The Kier molecular flexibility index (Phi) is 7.47. The van der Waals surface area contributed by atoms with Gasteiger partial charge >= 0.3 is 0 Å². The Bertz CT molecular complexity index is 873. The highest BCUT2D eigenvalue weighted by atomic mass is 16.5. The molecule has 4 heteroatoms. The molecule has 30 heavy (non-hydrogen) atoms. The highest BCUT2D eigenvalue weighted by Crippen LogP contribution is 2.25. The summed E-state index contributed by atoms with van der Waals surface area (Å²) in [6.07, 6.45) is 5.09. The van der Waals surface area contributed by atoms with Gasteiger partial charge in [0, 0.05) is 24.2 Å². The van der Waals surface area contributed by atoms with Crippen LogP contribution < -0.4 is 9.47 Å². The molecule has 0 radical (unpaired) electrons. The number of carbonyl (C=O) groups excluding carboxylic acids is 1. The maximum atomic E-state index is 13.3. The van der Waals surface area contributed by atoms with Crippen molar-refractivity contribution in [3.05, 3.63) is 70.8 Å². The van der Waals surface area contributed by atoms with Crippen LogP contribution in [0.3, 0.4) is 0 Å². The fourth-order valence-electron chi connectivity index (χ4n) is 3.57. The lowest BCUT2D eigenvalue weighted by Crippen LogP contribution is -2.38. The number of Topliss-reactive ketones (excluding diaryl/α,β-unsaturated/α-hetero) is 1. The number of nitrogens with zero attached hydrogens (tertiary/aromatic N) is 1. The van der Waals surface area contributed by atoms with Gasteiger partial charge < -0.3 is 9.47 Å². The lowest BCUT2D eigenvalue weighted by molar-refractivity contribution is -0.113. The van der Waals surface area contributed by atoms with Gasteiger partial charge in [-0.25, -0.2) is 0 Å². The normalized spacial score (nSPS) is 17.7. The Balaban J connectivity index is 1.93. The maximum Gasteiger partial charge on any atom is 0.187 e. The molecule has 4 nitrogen and oxygen atoms in total. The van der Waals surface area contributed by atoms with E-state index in [-0.39, 0.29) is 5.78 Å². The molecule has 0 amide bonds. The minimum atomic E-state index is 0.112. The summed E-state index contributed by atoms with van der Waals surface area (Å²) in [7, 11) is 3.31. The second-order valence-corrected chi connectivity index (χ2v) is 8.11. The number of rotatable bonds is 7. The largest absolute Gasteiger partial charge is 0.497 e. The molecule has 0 spiro atoms. The molecule has 158 valence electrons. The van der Waals surface area contributed by atoms with E-state index in [0.29, 0.717) is 19.0 Å². The Labute approximate surface area is 179 Å². The fourth-order valence-corrected chi connectivity index (χ4v) is 3.57. The van der Waals surface area contributed by atoms with Crippen molar-refractivity contribution in [2.24, 2.45) is 5.92 Å². The number of piperidine rings is 1. The molecule has 1 aliphatic heterocycles. The third kappa shape index (κ3) is 5.83. The van der Waals surface area contributed by atoms with Gasteiger partial charge in [0.25, 0.3) is 0 Å². The smallest absolute Gasteiger partial charge is 0.187 e. The van der Waals surface area contributed by atoms with E-state index in [4.69, 9.17) is 9.47 Å². The lowest BCUT2D eigenvalue weighted by atomic mass is 9.93. The van der Waals surface area contributed by atoms with Crippen LogP contribution >= 0.6 is 0 Å². The number of ether oxygens (including phenoxy) is 2. The summed E-state index contributed by atoms with van der Waals surface area (Å²) < 4.78 is 10.7. The van der Waals surface area contributed by atoms with Crippen molar-refractivity contribution in [2.75, 3.05) is 33.9 Å². The van der Waals surface area contributed by atoms with Gasteiger partial charge in [0.1, 0.15) is 11.5 Å². The predicted octanol–water partition coefficient (Wildman–Crippen LogP) is 5.10. The average Bonchev–Trinajstić information content (AvgIpc) is 2.75. The quantitative estimate of drug-likeness (QED) is 0.601. The monoisotopic (exact) mass is 405 g/mol. The Morgan fingerprint density at radius 2 is 1.40 bits per heavy atom. The third-order valence-electron chi connectivity index (χ3n) is 5.26. The number of benzene rings is 2. The number of likely N-dealkylation sites (tertiary alicyclic amines) is 1. The first-order chi connectivity index (χ1) is 14.5.